The lowest BCUT2D eigenvalue weighted by Gasteiger charge is -2.14. The number of pyridine rings is 1. The van der Waals surface area contributed by atoms with Gasteiger partial charge in [0.25, 0.3) is 0 Å². The van der Waals surface area contributed by atoms with Crippen LogP contribution >= 0.6 is 27.3 Å². The number of rotatable bonds is 7. The minimum atomic E-state index is 0.819. The van der Waals surface area contributed by atoms with Gasteiger partial charge in [0, 0.05) is 41.3 Å². The molecule has 0 aliphatic heterocycles. The number of hydrogen-bond donors (Lipinski definition) is 0. The zero-order valence-electron chi connectivity index (χ0n) is 14.3. The third kappa shape index (κ3) is 4.87. The molecule has 3 aromatic rings. The van der Waals surface area contributed by atoms with Gasteiger partial charge in [-0.05, 0) is 37.4 Å². The van der Waals surface area contributed by atoms with Crippen LogP contribution in [0.2, 0.25) is 0 Å². The van der Waals surface area contributed by atoms with Gasteiger partial charge in [-0.25, -0.2) is 4.98 Å². The maximum atomic E-state index is 5.46. The Balaban J connectivity index is 1.64. The predicted octanol–water partition coefficient (Wildman–Crippen LogP) is 4.65. The summed E-state index contributed by atoms with van der Waals surface area (Å²) in [5.41, 5.74) is 3.21. The molecular formula is C19H20BrN3OS. The highest BCUT2D eigenvalue weighted by molar-refractivity contribution is 9.10. The van der Waals surface area contributed by atoms with E-state index in [0.29, 0.717) is 0 Å². The van der Waals surface area contributed by atoms with Crippen molar-refractivity contribution in [3.05, 3.63) is 63.8 Å². The smallest absolute Gasteiger partial charge is 0.129 e. The molecule has 6 heteroatoms. The zero-order valence-corrected chi connectivity index (χ0v) is 16.7. The van der Waals surface area contributed by atoms with Crippen molar-refractivity contribution in [3.63, 3.8) is 0 Å². The van der Waals surface area contributed by atoms with E-state index in [0.717, 1.165) is 51.7 Å². The molecular weight excluding hydrogens is 398 g/mol. The van der Waals surface area contributed by atoms with Crippen LogP contribution in [0.4, 0.5) is 0 Å². The minimum Gasteiger partial charge on any atom is -0.496 e. The Morgan fingerprint density at radius 3 is 2.84 bits per heavy atom. The Morgan fingerprint density at radius 2 is 2.08 bits per heavy atom. The molecule has 0 saturated heterocycles. The first kappa shape index (κ1) is 18.0. The third-order valence-electron chi connectivity index (χ3n) is 3.85. The van der Waals surface area contributed by atoms with Gasteiger partial charge in [-0.1, -0.05) is 22.0 Å². The van der Waals surface area contributed by atoms with Crippen LogP contribution in [-0.2, 0) is 13.0 Å². The second kappa shape index (κ2) is 8.56. The van der Waals surface area contributed by atoms with E-state index in [-0.39, 0.29) is 0 Å². The van der Waals surface area contributed by atoms with Gasteiger partial charge in [0.05, 0.1) is 18.4 Å². The molecule has 0 bridgehead atoms. The Kier molecular flexibility index (Phi) is 6.18. The highest BCUT2D eigenvalue weighted by atomic mass is 79.9. The van der Waals surface area contributed by atoms with E-state index in [1.54, 1.807) is 18.4 Å². The van der Waals surface area contributed by atoms with E-state index in [2.05, 4.69) is 44.3 Å². The van der Waals surface area contributed by atoms with Crippen LogP contribution in [0.5, 0.6) is 5.75 Å². The first-order chi connectivity index (χ1) is 12.2. The molecule has 4 nitrogen and oxygen atoms in total. The van der Waals surface area contributed by atoms with Crippen LogP contribution in [0.3, 0.4) is 0 Å². The molecule has 2 heterocycles. The van der Waals surface area contributed by atoms with Crippen LogP contribution in [0.25, 0.3) is 10.6 Å². The van der Waals surface area contributed by atoms with E-state index in [9.17, 15) is 0 Å². The second-order valence-electron chi connectivity index (χ2n) is 5.80. The maximum Gasteiger partial charge on any atom is 0.129 e. The lowest BCUT2D eigenvalue weighted by Crippen LogP contribution is -2.21. The highest BCUT2D eigenvalue weighted by Crippen LogP contribution is 2.34. The van der Waals surface area contributed by atoms with E-state index in [1.165, 1.54) is 0 Å². The number of thiazole rings is 1. The number of nitrogens with zero attached hydrogens (tertiary/aromatic N) is 3. The number of aromatic nitrogens is 2. The molecule has 0 spiro atoms. The van der Waals surface area contributed by atoms with Gasteiger partial charge < -0.3 is 9.64 Å². The van der Waals surface area contributed by atoms with Crippen LogP contribution in [0.15, 0.2) is 52.4 Å². The Hall–Kier alpha value is -1.76. The summed E-state index contributed by atoms with van der Waals surface area (Å²) in [7, 11) is 3.80. The van der Waals surface area contributed by atoms with Gasteiger partial charge in [0.1, 0.15) is 10.8 Å². The van der Waals surface area contributed by atoms with Crippen LogP contribution in [-0.4, -0.2) is 35.6 Å². The van der Waals surface area contributed by atoms with Crippen molar-refractivity contribution in [3.8, 4) is 16.3 Å². The first-order valence-corrected chi connectivity index (χ1v) is 9.70. The van der Waals surface area contributed by atoms with Crippen LogP contribution in [0.1, 0.15) is 11.4 Å². The van der Waals surface area contributed by atoms with E-state index in [1.807, 2.05) is 36.5 Å². The fourth-order valence-electron chi connectivity index (χ4n) is 2.56. The summed E-state index contributed by atoms with van der Waals surface area (Å²) in [6.07, 6.45) is 2.78. The first-order valence-electron chi connectivity index (χ1n) is 8.02. The zero-order chi connectivity index (χ0) is 17.6. The summed E-state index contributed by atoms with van der Waals surface area (Å²) < 4.78 is 6.48. The maximum absolute atomic E-state index is 5.46. The number of benzene rings is 1. The van der Waals surface area contributed by atoms with Gasteiger partial charge in [-0.2, -0.15) is 0 Å². The van der Waals surface area contributed by atoms with Gasteiger partial charge in [-0.15, -0.1) is 11.3 Å². The number of halogens is 1. The summed E-state index contributed by atoms with van der Waals surface area (Å²) >= 11 is 5.17. The Morgan fingerprint density at radius 1 is 1.20 bits per heavy atom. The molecule has 0 unspecified atom stereocenters. The molecule has 0 atom stereocenters. The van der Waals surface area contributed by atoms with E-state index >= 15 is 0 Å². The Labute approximate surface area is 160 Å². The second-order valence-corrected chi connectivity index (χ2v) is 7.57. The summed E-state index contributed by atoms with van der Waals surface area (Å²) in [4.78, 5) is 11.4. The van der Waals surface area contributed by atoms with Gasteiger partial charge in [0.2, 0.25) is 0 Å². The quantitative estimate of drug-likeness (QED) is 0.560. The molecule has 25 heavy (non-hydrogen) atoms. The topological polar surface area (TPSA) is 38.2 Å². The molecule has 0 N–H and O–H groups in total. The van der Waals surface area contributed by atoms with Gasteiger partial charge >= 0.3 is 0 Å². The molecule has 0 saturated carbocycles. The number of hydrogen-bond acceptors (Lipinski definition) is 5. The standard InChI is InChI=1S/C19H20BrN3OS/c1-23(10-8-15-5-3-4-9-21-15)12-16-13-25-19(22-16)17-11-14(20)6-7-18(17)24-2/h3-7,9,11,13H,8,10,12H2,1-2H3. The lowest BCUT2D eigenvalue weighted by molar-refractivity contribution is 0.327. The molecule has 3 rings (SSSR count). The van der Waals surface area contributed by atoms with Gasteiger partial charge in [-0.3, -0.25) is 4.98 Å². The van der Waals surface area contributed by atoms with E-state index in [4.69, 9.17) is 9.72 Å². The average Bonchev–Trinajstić information content (AvgIpc) is 3.09. The van der Waals surface area contributed by atoms with Crippen molar-refractivity contribution in [2.75, 3.05) is 20.7 Å². The molecule has 0 fully saturated rings. The number of methoxy groups -OCH3 is 1. The summed E-state index contributed by atoms with van der Waals surface area (Å²) in [5, 5.41) is 3.10. The van der Waals surface area contributed by atoms with Crippen molar-refractivity contribution in [2.45, 2.75) is 13.0 Å². The lowest BCUT2D eigenvalue weighted by atomic mass is 10.2. The normalized spacial score (nSPS) is 11.0. The Bertz CT molecular complexity index is 823. The highest BCUT2D eigenvalue weighted by Gasteiger charge is 2.12. The third-order valence-corrected chi connectivity index (χ3v) is 5.27. The molecule has 0 radical (unpaired) electrons. The van der Waals surface area contributed by atoms with Crippen molar-refractivity contribution in [2.24, 2.45) is 0 Å². The SMILES string of the molecule is COc1ccc(Br)cc1-c1nc(CN(C)CCc2ccccn2)cs1. The van der Waals surface area contributed by atoms with Crippen molar-refractivity contribution in [1.82, 2.24) is 14.9 Å². The van der Waals surface area contributed by atoms with Crippen LogP contribution in [0, 0.1) is 0 Å². The summed E-state index contributed by atoms with van der Waals surface area (Å²) in [5.74, 6) is 0.840. The van der Waals surface area contributed by atoms with Crippen molar-refractivity contribution < 1.29 is 4.74 Å². The van der Waals surface area contributed by atoms with Crippen LogP contribution < -0.4 is 4.74 Å². The van der Waals surface area contributed by atoms with Crippen molar-refractivity contribution in [1.29, 1.82) is 0 Å². The molecule has 130 valence electrons. The molecule has 0 aliphatic rings. The largest absolute Gasteiger partial charge is 0.496 e. The molecule has 1 aromatic carbocycles. The van der Waals surface area contributed by atoms with E-state index < -0.39 is 0 Å². The summed E-state index contributed by atoms with van der Waals surface area (Å²) in [6, 6.07) is 12.0. The fourth-order valence-corrected chi connectivity index (χ4v) is 3.75. The minimum absolute atomic E-state index is 0.819. The molecule has 0 amide bonds. The van der Waals surface area contributed by atoms with Crippen molar-refractivity contribution >= 4 is 27.3 Å². The summed E-state index contributed by atoms with van der Waals surface area (Å²) in [6.45, 7) is 1.77. The fraction of sp³-hybridized carbons (Fsp3) is 0.263. The molecule has 2 aromatic heterocycles. The predicted molar refractivity (Wildman–Crippen MR) is 106 cm³/mol. The molecule has 0 aliphatic carbocycles. The number of ether oxygens (including phenoxy) is 1. The van der Waals surface area contributed by atoms with Gasteiger partial charge in [0.15, 0.2) is 0 Å². The monoisotopic (exact) mass is 417 g/mol. The average molecular weight is 418 g/mol. The number of likely N-dealkylation sites (N-methyl/N-ethyl adjacent to an activating group) is 1.